The summed E-state index contributed by atoms with van der Waals surface area (Å²) < 4.78 is 1.78. The molecule has 1 aromatic heterocycles. The minimum atomic E-state index is 0.242. The van der Waals surface area contributed by atoms with E-state index in [2.05, 4.69) is 45.3 Å². The molecule has 0 bridgehead atoms. The number of carbonyl (C=O) groups is 1. The maximum absolute atomic E-state index is 12.5. The number of rotatable bonds is 9. The van der Waals surface area contributed by atoms with Gasteiger partial charge < -0.3 is 9.80 Å². The van der Waals surface area contributed by atoms with Crippen molar-refractivity contribution in [3.63, 3.8) is 0 Å². The zero-order chi connectivity index (χ0) is 18.9. The number of carbonyl (C=O) groups excluding carboxylic acids is 1. The summed E-state index contributed by atoms with van der Waals surface area (Å²) in [7, 11) is 1.97. The fraction of sp³-hybridized carbons (Fsp3) is 0.571. The molecule has 1 aliphatic rings. The molecule has 6 nitrogen and oxygen atoms in total. The standard InChI is InChI=1S/C21H31N5O/c1-24(21(27)12-7-15-26-18-22-17-23-26)20-11-6-14-25(16-20)13-5-10-19-8-3-2-4-9-19/h2-4,8-9,17-18,20H,5-7,10-16H2,1H3. The molecule has 0 radical (unpaired) electrons. The summed E-state index contributed by atoms with van der Waals surface area (Å²) in [5.41, 5.74) is 1.41. The monoisotopic (exact) mass is 369 g/mol. The van der Waals surface area contributed by atoms with E-state index >= 15 is 0 Å². The van der Waals surface area contributed by atoms with Crippen LogP contribution in [0.15, 0.2) is 43.0 Å². The van der Waals surface area contributed by atoms with Crippen molar-refractivity contribution in [3.8, 4) is 0 Å². The SMILES string of the molecule is CN(C(=O)CCCn1cncn1)C1CCCN(CCCc2ccccc2)C1. The first-order valence-corrected chi connectivity index (χ1v) is 10.1. The average molecular weight is 370 g/mol. The van der Waals surface area contributed by atoms with Crippen LogP contribution in [0.1, 0.15) is 37.7 Å². The van der Waals surface area contributed by atoms with E-state index in [0.717, 1.165) is 45.4 Å². The number of benzene rings is 1. The number of hydrogen-bond donors (Lipinski definition) is 0. The lowest BCUT2D eigenvalue weighted by Crippen LogP contribution is -2.48. The molecule has 0 spiro atoms. The number of nitrogens with zero attached hydrogens (tertiary/aromatic N) is 5. The van der Waals surface area contributed by atoms with Gasteiger partial charge in [0.2, 0.25) is 5.91 Å². The molecule has 1 atom stereocenters. The lowest BCUT2D eigenvalue weighted by atomic mass is 10.0. The van der Waals surface area contributed by atoms with Gasteiger partial charge in [0.05, 0.1) is 0 Å². The van der Waals surface area contributed by atoms with E-state index in [1.807, 2.05) is 11.9 Å². The molecule has 0 aliphatic carbocycles. The van der Waals surface area contributed by atoms with E-state index < -0.39 is 0 Å². The van der Waals surface area contributed by atoms with E-state index in [0.29, 0.717) is 12.5 Å². The third-order valence-electron chi connectivity index (χ3n) is 5.45. The highest BCUT2D eigenvalue weighted by Gasteiger charge is 2.25. The van der Waals surface area contributed by atoms with Crippen LogP contribution in [0.25, 0.3) is 0 Å². The predicted molar refractivity (Wildman–Crippen MR) is 106 cm³/mol. The van der Waals surface area contributed by atoms with Crippen molar-refractivity contribution in [1.82, 2.24) is 24.6 Å². The van der Waals surface area contributed by atoms with Gasteiger partial charge in [0, 0.05) is 32.6 Å². The molecule has 6 heteroatoms. The molecule has 1 fully saturated rings. The smallest absolute Gasteiger partial charge is 0.222 e. The highest BCUT2D eigenvalue weighted by Crippen LogP contribution is 2.17. The lowest BCUT2D eigenvalue weighted by molar-refractivity contribution is -0.133. The molecule has 1 saturated heterocycles. The second-order valence-electron chi connectivity index (χ2n) is 7.45. The predicted octanol–water partition coefficient (Wildman–Crippen LogP) is 2.61. The van der Waals surface area contributed by atoms with E-state index in [4.69, 9.17) is 0 Å². The second-order valence-corrected chi connectivity index (χ2v) is 7.45. The van der Waals surface area contributed by atoms with Crippen LogP contribution < -0.4 is 0 Å². The van der Waals surface area contributed by atoms with Crippen LogP contribution in [-0.2, 0) is 17.8 Å². The molecule has 146 valence electrons. The van der Waals surface area contributed by atoms with Crippen molar-refractivity contribution >= 4 is 5.91 Å². The molecule has 27 heavy (non-hydrogen) atoms. The molecule has 1 aromatic carbocycles. The van der Waals surface area contributed by atoms with Gasteiger partial charge in [-0.15, -0.1) is 0 Å². The summed E-state index contributed by atoms with van der Waals surface area (Å²) >= 11 is 0. The van der Waals surface area contributed by atoms with Crippen molar-refractivity contribution in [2.75, 3.05) is 26.7 Å². The number of aryl methyl sites for hydroxylation is 2. The van der Waals surface area contributed by atoms with Gasteiger partial charge >= 0.3 is 0 Å². The van der Waals surface area contributed by atoms with Crippen molar-refractivity contribution in [3.05, 3.63) is 48.5 Å². The van der Waals surface area contributed by atoms with Crippen LogP contribution in [0.4, 0.5) is 0 Å². The highest BCUT2D eigenvalue weighted by atomic mass is 16.2. The Labute approximate surface area is 162 Å². The van der Waals surface area contributed by atoms with Gasteiger partial charge in [-0.2, -0.15) is 5.10 Å². The van der Waals surface area contributed by atoms with Gasteiger partial charge in [-0.25, -0.2) is 4.98 Å². The normalized spacial score (nSPS) is 17.7. The van der Waals surface area contributed by atoms with Gasteiger partial charge in [0.25, 0.3) is 0 Å². The summed E-state index contributed by atoms with van der Waals surface area (Å²) in [5, 5.41) is 4.08. The maximum atomic E-state index is 12.5. The summed E-state index contributed by atoms with van der Waals surface area (Å²) in [6.45, 7) is 4.01. The van der Waals surface area contributed by atoms with E-state index in [-0.39, 0.29) is 5.91 Å². The van der Waals surface area contributed by atoms with Gasteiger partial charge in [0.15, 0.2) is 0 Å². The van der Waals surface area contributed by atoms with Gasteiger partial charge in [-0.3, -0.25) is 9.48 Å². The molecule has 0 N–H and O–H groups in total. The molecular weight excluding hydrogens is 338 g/mol. The first-order valence-electron chi connectivity index (χ1n) is 10.1. The quantitative estimate of drug-likeness (QED) is 0.682. The van der Waals surface area contributed by atoms with Crippen LogP contribution in [0, 0.1) is 0 Å². The number of amides is 1. The molecule has 1 amide bonds. The van der Waals surface area contributed by atoms with Crippen LogP contribution in [-0.4, -0.2) is 63.2 Å². The summed E-state index contributed by atoms with van der Waals surface area (Å²) in [4.78, 5) is 21.0. The molecular formula is C21H31N5O. The second kappa shape index (κ2) is 10.2. The third kappa shape index (κ3) is 6.17. The van der Waals surface area contributed by atoms with Crippen LogP contribution >= 0.6 is 0 Å². The molecule has 3 rings (SSSR count). The van der Waals surface area contributed by atoms with Crippen molar-refractivity contribution in [2.24, 2.45) is 0 Å². The number of piperidine rings is 1. The Bertz CT molecular complexity index is 673. The Morgan fingerprint density at radius 3 is 2.85 bits per heavy atom. The van der Waals surface area contributed by atoms with E-state index in [1.54, 1.807) is 11.0 Å². The fourth-order valence-corrected chi connectivity index (χ4v) is 3.82. The number of hydrogen-bond acceptors (Lipinski definition) is 4. The van der Waals surface area contributed by atoms with Gasteiger partial charge in [-0.05, 0) is 50.8 Å². The van der Waals surface area contributed by atoms with Crippen molar-refractivity contribution in [2.45, 2.75) is 51.1 Å². The molecule has 2 heterocycles. The Kier molecular flexibility index (Phi) is 7.39. The summed E-state index contributed by atoms with van der Waals surface area (Å²) in [5.74, 6) is 0.242. The molecule has 1 aliphatic heterocycles. The maximum Gasteiger partial charge on any atom is 0.222 e. The Hall–Kier alpha value is -2.21. The van der Waals surface area contributed by atoms with Crippen LogP contribution in [0.2, 0.25) is 0 Å². The largest absolute Gasteiger partial charge is 0.341 e. The summed E-state index contributed by atoms with van der Waals surface area (Å²) in [6.07, 6.45) is 9.18. The van der Waals surface area contributed by atoms with Gasteiger partial charge in [0.1, 0.15) is 12.7 Å². The Morgan fingerprint density at radius 2 is 2.07 bits per heavy atom. The number of likely N-dealkylation sites (tertiary alicyclic amines) is 1. The van der Waals surface area contributed by atoms with Crippen molar-refractivity contribution in [1.29, 1.82) is 0 Å². The minimum absolute atomic E-state index is 0.242. The zero-order valence-electron chi connectivity index (χ0n) is 16.3. The minimum Gasteiger partial charge on any atom is -0.341 e. The van der Waals surface area contributed by atoms with E-state index in [9.17, 15) is 4.79 Å². The summed E-state index contributed by atoms with van der Waals surface area (Å²) in [6, 6.07) is 11.0. The van der Waals surface area contributed by atoms with Gasteiger partial charge in [-0.1, -0.05) is 30.3 Å². The highest BCUT2D eigenvalue weighted by molar-refractivity contribution is 5.76. The Morgan fingerprint density at radius 1 is 1.22 bits per heavy atom. The molecule has 2 aromatic rings. The third-order valence-corrected chi connectivity index (χ3v) is 5.45. The Balaban J connectivity index is 1.37. The lowest BCUT2D eigenvalue weighted by Gasteiger charge is -2.37. The van der Waals surface area contributed by atoms with Crippen molar-refractivity contribution < 1.29 is 4.79 Å². The first kappa shape index (κ1) is 19.5. The van der Waals surface area contributed by atoms with E-state index in [1.165, 1.54) is 24.7 Å². The molecule has 0 saturated carbocycles. The topological polar surface area (TPSA) is 54.3 Å². The average Bonchev–Trinajstić information content (AvgIpc) is 3.22. The fourth-order valence-electron chi connectivity index (χ4n) is 3.82. The van der Waals surface area contributed by atoms with Crippen LogP contribution in [0.3, 0.4) is 0 Å². The molecule has 1 unspecified atom stereocenters. The number of likely N-dealkylation sites (N-methyl/N-ethyl adjacent to an activating group) is 1. The zero-order valence-corrected chi connectivity index (χ0v) is 16.3. The van der Waals surface area contributed by atoms with Crippen LogP contribution in [0.5, 0.6) is 0 Å². The number of aromatic nitrogens is 3. The first-order chi connectivity index (χ1) is 13.2.